The maximum absolute atomic E-state index is 11.8. The molecule has 2 heterocycles. The van der Waals surface area contributed by atoms with Crippen LogP contribution in [-0.2, 0) is 14.3 Å². The number of fused-ring (bicyclic) bond motifs is 1. The lowest BCUT2D eigenvalue weighted by molar-refractivity contribution is -0.133. The maximum Gasteiger partial charge on any atom is 0.342 e. The molecule has 0 atom stereocenters. The maximum atomic E-state index is 11.8. The predicted molar refractivity (Wildman–Crippen MR) is 88.3 cm³/mol. The predicted octanol–water partition coefficient (Wildman–Crippen LogP) is 3.27. The van der Waals surface area contributed by atoms with E-state index in [1.165, 1.54) is 31.8 Å². The lowest BCUT2D eigenvalue weighted by Crippen LogP contribution is -2.03. The molecule has 6 nitrogen and oxygen atoms in total. The van der Waals surface area contributed by atoms with Gasteiger partial charge < -0.3 is 9.47 Å². The summed E-state index contributed by atoms with van der Waals surface area (Å²) in [6, 6.07) is 7.28. The molecule has 0 aliphatic carbocycles. The van der Waals surface area contributed by atoms with Crippen LogP contribution in [0, 0.1) is 0 Å². The quantitative estimate of drug-likeness (QED) is 0.411. The molecule has 0 aliphatic rings. The fourth-order valence-corrected chi connectivity index (χ4v) is 3.01. The number of thiazole rings is 1. The van der Waals surface area contributed by atoms with Gasteiger partial charge in [0, 0.05) is 10.6 Å². The zero-order chi connectivity index (χ0) is 16.4. The van der Waals surface area contributed by atoms with Crippen LogP contribution < -0.4 is 0 Å². The fraction of sp³-hybridized carbons (Fsp3) is 0.133. The average molecular weight is 350 g/mol. The Morgan fingerprint density at radius 3 is 2.65 bits per heavy atom. The summed E-state index contributed by atoms with van der Waals surface area (Å²) in [7, 11) is 2.79. The molecule has 0 fully saturated rings. The van der Waals surface area contributed by atoms with E-state index in [0.717, 1.165) is 5.56 Å². The minimum atomic E-state index is -0.478. The molecule has 0 unspecified atom stereocenters. The zero-order valence-corrected chi connectivity index (χ0v) is 13.9. The molecular formula is C15H12ClN3O3S. The molecular weight excluding hydrogens is 338 g/mol. The smallest absolute Gasteiger partial charge is 0.342 e. The molecule has 0 radical (unpaired) electrons. The van der Waals surface area contributed by atoms with Crippen molar-refractivity contribution in [3.8, 4) is 11.4 Å². The third-order valence-electron chi connectivity index (χ3n) is 3.05. The molecule has 3 aromatic rings. The molecule has 0 saturated heterocycles. The number of halogens is 1. The van der Waals surface area contributed by atoms with Crippen molar-refractivity contribution < 1.29 is 14.3 Å². The molecule has 2 aromatic heterocycles. The Hall–Kier alpha value is -2.38. The summed E-state index contributed by atoms with van der Waals surface area (Å²) in [5.41, 5.74) is 1.19. The molecule has 0 amide bonds. The second-order valence-corrected chi connectivity index (χ2v) is 5.97. The number of hydrogen-bond donors (Lipinski definition) is 0. The average Bonchev–Trinajstić information content (AvgIpc) is 3.11. The van der Waals surface area contributed by atoms with Crippen molar-refractivity contribution in [2.75, 3.05) is 14.2 Å². The second kappa shape index (κ2) is 6.39. The van der Waals surface area contributed by atoms with Crippen molar-refractivity contribution in [1.29, 1.82) is 0 Å². The number of esters is 1. The van der Waals surface area contributed by atoms with Gasteiger partial charge in [0.2, 0.25) is 4.96 Å². The van der Waals surface area contributed by atoms with E-state index in [2.05, 4.69) is 10.1 Å². The van der Waals surface area contributed by atoms with E-state index in [4.69, 9.17) is 21.1 Å². The first-order chi connectivity index (χ1) is 11.1. The van der Waals surface area contributed by atoms with Crippen molar-refractivity contribution in [2.45, 2.75) is 0 Å². The van der Waals surface area contributed by atoms with Gasteiger partial charge in [0.05, 0.1) is 31.6 Å². The highest BCUT2D eigenvalue weighted by Gasteiger charge is 2.18. The molecule has 1 aromatic carbocycles. The summed E-state index contributed by atoms with van der Waals surface area (Å²) in [6.45, 7) is 0. The number of methoxy groups -OCH3 is 2. The van der Waals surface area contributed by atoms with E-state index < -0.39 is 5.97 Å². The van der Waals surface area contributed by atoms with Crippen LogP contribution in [0.1, 0.15) is 4.88 Å². The number of carbonyl (C=O) groups excluding carboxylic acids is 1. The van der Waals surface area contributed by atoms with Gasteiger partial charge in [0.15, 0.2) is 5.82 Å². The van der Waals surface area contributed by atoms with E-state index in [-0.39, 0.29) is 0 Å². The molecule has 0 aliphatic heterocycles. The molecule has 0 spiro atoms. The fourth-order valence-electron chi connectivity index (χ4n) is 1.98. The highest BCUT2D eigenvalue weighted by molar-refractivity contribution is 7.18. The first-order valence-electron chi connectivity index (χ1n) is 6.56. The summed E-state index contributed by atoms with van der Waals surface area (Å²) in [4.78, 5) is 17.6. The van der Waals surface area contributed by atoms with Crippen LogP contribution >= 0.6 is 22.9 Å². The van der Waals surface area contributed by atoms with E-state index in [1.54, 1.807) is 22.8 Å². The highest BCUT2D eigenvalue weighted by atomic mass is 35.5. The van der Waals surface area contributed by atoms with Crippen LogP contribution in [-0.4, -0.2) is 34.8 Å². The van der Waals surface area contributed by atoms with E-state index in [0.29, 0.717) is 26.3 Å². The minimum Gasteiger partial charge on any atom is -0.503 e. The van der Waals surface area contributed by atoms with Crippen LogP contribution in [0.3, 0.4) is 0 Å². The van der Waals surface area contributed by atoms with Crippen molar-refractivity contribution in [3.05, 3.63) is 46.6 Å². The lowest BCUT2D eigenvalue weighted by Gasteiger charge is -2.01. The van der Waals surface area contributed by atoms with Gasteiger partial charge in [-0.05, 0) is 24.3 Å². The molecule has 118 valence electrons. The third-order valence-corrected chi connectivity index (χ3v) is 4.31. The molecule has 0 N–H and O–H groups in total. The van der Waals surface area contributed by atoms with Gasteiger partial charge >= 0.3 is 5.97 Å². The van der Waals surface area contributed by atoms with Crippen molar-refractivity contribution >= 4 is 39.4 Å². The Morgan fingerprint density at radius 1 is 1.30 bits per heavy atom. The first-order valence-corrected chi connectivity index (χ1v) is 7.75. The van der Waals surface area contributed by atoms with Gasteiger partial charge in [-0.3, -0.25) is 0 Å². The van der Waals surface area contributed by atoms with Gasteiger partial charge in [0.25, 0.3) is 0 Å². The molecule has 3 rings (SSSR count). The van der Waals surface area contributed by atoms with Crippen LogP contribution in [0.4, 0.5) is 0 Å². The van der Waals surface area contributed by atoms with Crippen LogP contribution in [0.25, 0.3) is 21.9 Å². The summed E-state index contributed by atoms with van der Waals surface area (Å²) in [6.07, 6.45) is 3.06. The van der Waals surface area contributed by atoms with E-state index >= 15 is 0 Å². The number of rotatable bonds is 4. The van der Waals surface area contributed by atoms with Gasteiger partial charge in [-0.1, -0.05) is 22.9 Å². The van der Waals surface area contributed by atoms with Gasteiger partial charge in [-0.2, -0.15) is 4.98 Å². The summed E-state index contributed by atoms with van der Waals surface area (Å²) in [5.74, 6) is 0.115. The lowest BCUT2D eigenvalue weighted by atomic mass is 10.2. The topological polar surface area (TPSA) is 65.7 Å². The summed E-state index contributed by atoms with van der Waals surface area (Å²) in [5, 5.41) is 5.07. The monoisotopic (exact) mass is 349 g/mol. The molecule has 23 heavy (non-hydrogen) atoms. The number of hydrogen-bond acceptors (Lipinski definition) is 6. The Bertz CT molecular complexity index is 852. The normalized spacial score (nSPS) is 11.7. The van der Waals surface area contributed by atoms with Crippen LogP contribution in [0.15, 0.2) is 36.7 Å². The Kier molecular flexibility index (Phi) is 4.31. The van der Waals surface area contributed by atoms with Gasteiger partial charge in [-0.25, -0.2) is 9.31 Å². The highest BCUT2D eigenvalue weighted by Crippen LogP contribution is 2.27. The SMILES string of the molecule is CO/C=C(/C(=O)OC)c1cn2nc(-c3ccc(Cl)cc3)nc2s1. The number of ether oxygens (including phenoxy) is 2. The number of benzene rings is 1. The van der Waals surface area contributed by atoms with Crippen molar-refractivity contribution in [2.24, 2.45) is 0 Å². The number of nitrogens with zero attached hydrogens (tertiary/aromatic N) is 3. The molecule has 0 bridgehead atoms. The van der Waals surface area contributed by atoms with Crippen molar-refractivity contribution in [3.63, 3.8) is 0 Å². The van der Waals surface area contributed by atoms with E-state index in [9.17, 15) is 4.79 Å². The molecule has 8 heteroatoms. The first kappa shape index (κ1) is 15.5. The largest absolute Gasteiger partial charge is 0.503 e. The third kappa shape index (κ3) is 3.06. The summed E-state index contributed by atoms with van der Waals surface area (Å²) < 4.78 is 11.3. The Balaban J connectivity index is 1.98. The van der Waals surface area contributed by atoms with Gasteiger partial charge in [0.1, 0.15) is 5.57 Å². The number of aromatic nitrogens is 3. The van der Waals surface area contributed by atoms with E-state index in [1.807, 2.05) is 12.1 Å². The van der Waals surface area contributed by atoms with Gasteiger partial charge in [-0.15, -0.1) is 5.10 Å². The molecule has 0 saturated carbocycles. The Morgan fingerprint density at radius 2 is 2.04 bits per heavy atom. The van der Waals surface area contributed by atoms with Crippen molar-refractivity contribution in [1.82, 2.24) is 14.6 Å². The van der Waals surface area contributed by atoms with Crippen LogP contribution in [0.5, 0.6) is 0 Å². The zero-order valence-electron chi connectivity index (χ0n) is 12.3. The Labute approximate surface area is 140 Å². The number of carbonyl (C=O) groups is 1. The second-order valence-electron chi connectivity index (χ2n) is 4.52. The summed E-state index contributed by atoms with van der Waals surface area (Å²) >= 11 is 7.20. The minimum absolute atomic E-state index is 0.320. The standard InChI is InChI=1S/C15H12ClN3O3S/c1-21-8-11(14(20)22-2)12-7-19-15(23-12)17-13(18-19)9-3-5-10(16)6-4-9/h3-8H,1-2H3/b11-8+. The van der Waals surface area contributed by atoms with Crippen LogP contribution in [0.2, 0.25) is 5.02 Å².